The highest BCUT2D eigenvalue weighted by Crippen LogP contribution is 2.31. The predicted octanol–water partition coefficient (Wildman–Crippen LogP) is 5.51. The van der Waals surface area contributed by atoms with Gasteiger partial charge in [0.15, 0.2) is 6.79 Å². The molecule has 0 unspecified atom stereocenters. The number of nitrogens with one attached hydrogen (secondary N) is 1. The molecule has 1 fully saturated rings. The van der Waals surface area contributed by atoms with Crippen LogP contribution >= 0.6 is 0 Å². The Kier molecular flexibility index (Phi) is 7.11. The van der Waals surface area contributed by atoms with Crippen LogP contribution in [0.2, 0.25) is 25.7 Å². The molecule has 1 saturated carbocycles. The second-order valence-electron chi connectivity index (χ2n) is 8.22. The Labute approximate surface area is 146 Å². The lowest BCUT2D eigenvalue weighted by Gasteiger charge is -2.28. The minimum atomic E-state index is -1.09. The zero-order chi connectivity index (χ0) is 17.6. The van der Waals surface area contributed by atoms with Gasteiger partial charge >= 0.3 is 0 Å². The normalized spacial score (nSPS) is 21.5. The van der Waals surface area contributed by atoms with Crippen LogP contribution in [0.25, 0.3) is 0 Å². The van der Waals surface area contributed by atoms with Gasteiger partial charge in [-0.2, -0.15) is 0 Å². The van der Waals surface area contributed by atoms with E-state index in [4.69, 9.17) is 9.47 Å². The van der Waals surface area contributed by atoms with E-state index in [1.165, 1.54) is 25.0 Å². The molecule has 0 aromatic heterocycles. The van der Waals surface area contributed by atoms with Crippen molar-refractivity contribution in [3.8, 4) is 5.75 Å². The Morgan fingerprint density at radius 3 is 2.54 bits per heavy atom. The second kappa shape index (κ2) is 8.86. The van der Waals surface area contributed by atoms with Crippen LogP contribution in [0.15, 0.2) is 18.2 Å². The molecule has 24 heavy (non-hydrogen) atoms. The number of halogens is 1. The summed E-state index contributed by atoms with van der Waals surface area (Å²) in [5, 5.41) is 3.52. The molecular weight excluding hydrogens is 321 g/mol. The summed E-state index contributed by atoms with van der Waals surface area (Å²) in [6, 6.07) is 6.24. The maximum atomic E-state index is 13.6. The lowest BCUT2D eigenvalue weighted by atomic mass is 9.87. The fraction of sp³-hybridized carbons (Fsp3) is 0.684. The third-order valence-corrected chi connectivity index (χ3v) is 6.32. The summed E-state index contributed by atoms with van der Waals surface area (Å²) in [6.07, 6.45) is 4.80. The van der Waals surface area contributed by atoms with Crippen LogP contribution in [0.4, 0.5) is 10.1 Å². The molecule has 0 radical (unpaired) electrons. The van der Waals surface area contributed by atoms with Crippen LogP contribution in [-0.2, 0) is 4.74 Å². The maximum Gasteiger partial charge on any atom is 0.189 e. The number of hydrogen-bond acceptors (Lipinski definition) is 3. The quantitative estimate of drug-likeness (QED) is 0.380. The van der Waals surface area contributed by atoms with Crippen molar-refractivity contribution in [2.75, 3.05) is 18.7 Å². The summed E-state index contributed by atoms with van der Waals surface area (Å²) in [5.74, 6) is 1.07. The van der Waals surface area contributed by atoms with Gasteiger partial charge in [-0.15, -0.1) is 0 Å². The molecule has 0 bridgehead atoms. The van der Waals surface area contributed by atoms with Crippen molar-refractivity contribution in [2.45, 2.75) is 64.3 Å². The van der Waals surface area contributed by atoms with Crippen molar-refractivity contribution < 1.29 is 13.9 Å². The third-order valence-electron chi connectivity index (χ3n) is 4.61. The van der Waals surface area contributed by atoms with E-state index in [0.717, 1.165) is 30.5 Å². The Balaban J connectivity index is 1.85. The van der Waals surface area contributed by atoms with Gasteiger partial charge in [0.05, 0.1) is 5.69 Å². The molecular formula is C19H32FNO2Si. The van der Waals surface area contributed by atoms with E-state index in [2.05, 4.69) is 31.9 Å². The maximum absolute atomic E-state index is 13.6. The van der Waals surface area contributed by atoms with Crippen LogP contribution in [0.5, 0.6) is 5.75 Å². The van der Waals surface area contributed by atoms with E-state index in [1.807, 2.05) is 0 Å². The van der Waals surface area contributed by atoms with Gasteiger partial charge in [0, 0.05) is 26.8 Å². The van der Waals surface area contributed by atoms with Crippen LogP contribution in [0.1, 0.15) is 32.6 Å². The Morgan fingerprint density at radius 2 is 1.88 bits per heavy atom. The van der Waals surface area contributed by atoms with Gasteiger partial charge < -0.3 is 14.8 Å². The average molecular weight is 354 g/mol. The smallest absolute Gasteiger partial charge is 0.189 e. The van der Waals surface area contributed by atoms with Gasteiger partial charge in [-0.3, -0.25) is 0 Å². The molecule has 1 aromatic rings. The SMILES string of the molecule is C[Si](C)(C)CCOCOc1cc(F)ccc1N[C@H]1CC[C@H](C)CC1. The Hall–Kier alpha value is -1.07. The zero-order valence-electron chi connectivity index (χ0n) is 15.5. The molecule has 0 atom stereocenters. The fourth-order valence-electron chi connectivity index (χ4n) is 2.90. The summed E-state index contributed by atoms with van der Waals surface area (Å²) in [7, 11) is -1.09. The first-order valence-electron chi connectivity index (χ1n) is 9.10. The first kappa shape index (κ1) is 19.3. The van der Waals surface area contributed by atoms with Crippen molar-refractivity contribution in [3.05, 3.63) is 24.0 Å². The first-order chi connectivity index (χ1) is 11.3. The topological polar surface area (TPSA) is 30.5 Å². The van der Waals surface area contributed by atoms with Crippen molar-refractivity contribution in [3.63, 3.8) is 0 Å². The minimum Gasteiger partial charge on any atom is -0.465 e. The molecule has 1 aromatic carbocycles. The van der Waals surface area contributed by atoms with Crippen LogP contribution in [-0.4, -0.2) is 27.5 Å². The molecule has 0 spiro atoms. The summed E-state index contributed by atoms with van der Waals surface area (Å²) < 4.78 is 24.8. The van der Waals surface area contributed by atoms with Gasteiger partial charge in [0.25, 0.3) is 0 Å². The van der Waals surface area contributed by atoms with Gasteiger partial charge in [0.1, 0.15) is 11.6 Å². The van der Waals surface area contributed by atoms with E-state index in [0.29, 0.717) is 18.4 Å². The molecule has 1 N–H and O–H groups in total. The molecule has 1 aliphatic rings. The minimum absolute atomic E-state index is 0.171. The van der Waals surface area contributed by atoms with Crippen LogP contribution in [0, 0.1) is 11.7 Å². The number of hydrogen-bond donors (Lipinski definition) is 1. The third kappa shape index (κ3) is 6.81. The molecule has 2 rings (SSSR count). The molecule has 3 nitrogen and oxygen atoms in total. The summed E-state index contributed by atoms with van der Waals surface area (Å²) in [6.45, 7) is 10.1. The van der Waals surface area contributed by atoms with E-state index < -0.39 is 8.07 Å². The molecule has 0 saturated heterocycles. The number of anilines is 1. The number of ether oxygens (including phenoxy) is 2. The predicted molar refractivity (Wildman–Crippen MR) is 101 cm³/mol. The zero-order valence-corrected chi connectivity index (χ0v) is 16.5. The van der Waals surface area contributed by atoms with Crippen LogP contribution in [0.3, 0.4) is 0 Å². The highest BCUT2D eigenvalue weighted by atomic mass is 28.3. The van der Waals surface area contributed by atoms with Gasteiger partial charge in [0.2, 0.25) is 0 Å². The largest absolute Gasteiger partial charge is 0.465 e. The van der Waals surface area contributed by atoms with Crippen molar-refractivity contribution in [1.82, 2.24) is 0 Å². The first-order valence-corrected chi connectivity index (χ1v) is 12.8. The number of rotatable bonds is 8. The molecule has 1 aliphatic carbocycles. The molecule has 5 heteroatoms. The fourth-order valence-corrected chi connectivity index (χ4v) is 3.66. The summed E-state index contributed by atoms with van der Waals surface area (Å²) >= 11 is 0. The monoisotopic (exact) mass is 353 g/mol. The summed E-state index contributed by atoms with van der Waals surface area (Å²) in [5.41, 5.74) is 0.866. The number of benzene rings is 1. The van der Waals surface area contributed by atoms with E-state index in [1.54, 1.807) is 6.07 Å². The molecule has 0 amide bonds. The standard InChI is InChI=1S/C19H32FNO2Si/c1-15-5-8-17(9-6-15)21-18-10-7-16(20)13-19(18)23-14-22-11-12-24(2,3)4/h7,10,13,15,17,21H,5-6,8-9,11-12,14H2,1-4H3/t15-,17-. The lowest BCUT2D eigenvalue weighted by molar-refractivity contribution is 0.0223. The molecule has 0 aliphatic heterocycles. The van der Waals surface area contributed by atoms with Gasteiger partial charge in [-0.25, -0.2) is 4.39 Å². The van der Waals surface area contributed by atoms with Crippen molar-refractivity contribution in [1.29, 1.82) is 0 Å². The molecule has 136 valence electrons. The Bertz CT molecular complexity index is 511. The van der Waals surface area contributed by atoms with Gasteiger partial charge in [-0.05, 0) is 49.8 Å². The highest BCUT2D eigenvalue weighted by Gasteiger charge is 2.19. The average Bonchev–Trinajstić information content (AvgIpc) is 2.50. The van der Waals surface area contributed by atoms with E-state index >= 15 is 0 Å². The van der Waals surface area contributed by atoms with Crippen molar-refractivity contribution >= 4 is 13.8 Å². The summed E-state index contributed by atoms with van der Waals surface area (Å²) in [4.78, 5) is 0. The van der Waals surface area contributed by atoms with E-state index in [-0.39, 0.29) is 12.6 Å². The second-order valence-corrected chi connectivity index (χ2v) is 13.8. The molecule has 0 heterocycles. The van der Waals surface area contributed by atoms with Gasteiger partial charge in [-0.1, -0.05) is 26.6 Å². The Morgan fingerprint density at radius 1 is 1.17 bits per heavy atom. The van der Waals surface area contributed by atoms with Crippen LogP contribution < -0.4 is 10.1 Å². The highest BCUT2D eigenvalue weighted by molar-refractivity contribution is 6.76. The van der Waals surface area contributed by atoms with Crippen molar-refractivity contribution in [2.24, 2.45) is 5.92 Å². The lowest BCUT2D eigenvalue weighted by Crippen LogP contribution is -2.25. The van der Waals surface area contributed by atoms with E-state index in [9.17, 15) is 4.39 Å².